The quantitative estimate of drug-likeness (QED) is 0.608. The first-order valence-electron chi connectivity index (χ1n) is 9.09. The van der Waals surface area contributed by atoms with Crippen molar-refractivity contribution in [3.8, 4) is 0 Å². The van der Waals surface area contributed by atoms with E-state index < -0.39 is 9.84 Å². The molecule has 2 aliphatic rings. The van der Waals surface area contributed by atoms with Crippen molar-refractivity contribution in [2.24, 2.45) is 4.99 Å². The van der Waals surface area contributed by atoms with E-state index in [4.69, 9.17) is 11.6 Å². The Morgan fingerprint density at radius 1 is 1.21 bits per heavy atom. The third-order valence-corrected chi connectivity index (χ3v) is 8.93. The second-order valence-corrected chi connectivity index (χ2v) is 11.7. The number of aryl methyl sites for hydroxylation is 1. The minimum Gasteiger partial charge on any atom is -0.314 e. The van der Waals surface area contributed by atoms with Crippen LogP contribution in [-0.2, 0) is 21.1 Å². The largest absolute Gasteiger partial charge is 0.314 e. The molecule has 2 heterocycles. The summed E-state index contributed by atoms with van der Waals surface area (Å²) in [6, 6.07) is 14.9. The standard InChI is InChI=1S/C20H18BrClN2O3S2/c21-14-7-8-16(15(22)10-14)24-17-11-29(26,27)12-18(17)28-20(24)23-19(25)9-6-13-4-2-1-3-5-13/h1-5,7-8,10,17-18H,6,9,11-12H2/t17-,18+/m0/s1. The SMILES string of the molecule is O=C(CCc1ccccc1)N=C1S[C@@H]2CS(=O)(=O)C[C@@H]2N1c1ccc(Br)cc1Cl. The first-order chi connectivity index (χ1) is 13.8. The zero-order valence-electron chi connectivity index (χ0n) is 15.3. The second kappa shape index (κ2) is 8.41. The molecule has 2 fully saturated rings. The summed E-state index contributed by atoms with van der Waals surface area (Å²) in [4.78, 5) is 18.7. The number of nitrogens with zero attached hydrogens (tertiary/aromatic N) is 2. The molecule has 0 radical (unpaired) electrons. The Kier molecular flexibility index (Phi) is 6.06. The van der Waals surface area contributed by atoms with Crippen LogP contribution < -0.4 is 4.90 Å². The van der Waals surface area contributed by atoms with Gasteiger partial charge in [0.1, 0.15) is 0 Å². The fourth-order valence-electron chi connectivity index (χ4n) is 3.58. The van der Waals surface area contributed by atoms with Crippen LogP contribution >= 0.6 is 39.3 Å². The highest BCUT2D eigenvalue weighted by Crippen LogP contribution is 2.43. The number of hydrogen-bond acceptors (Lipinski definition) is 4. The van der Waals surface area contributed by atoms with Crippen LogP contribution in [0.2, 0.25) is 5.02 Å². The van der Waals surface area contributed by atoms with E-state index in [1.54, 1.807) is 6.07 Å². The molecule has 0 spiro atoms. The maximum absolute atomic E-state index is 12.5. The highest BCUT2D eigenvalue weighted by atomic mass is 79.9. The number of halogens is 2. The zero-order valence-corrected chi connectivity index (χ0v) is 19.3. The molecule has 5 nitrogen and oxygen atoms in total. The van der Waals surface area contributed by atoms with Crippen molar-refractivity contribution in [2.45, 2.75) is 24.1 Å². The molecular weight excluding hydrogens is 496 g/mol. The number of rotatable bonds is 4. The van der Waals surface area contributed by atoms with Gasteiger partial charge in [-0.3, -0.25) is 4.79 Å². The Morgan fingerprint density at radius 3 is 2.69 bits per heavy atom. The number of fused-ring (bicyclic) bond motifs is 1. The molecule has 9 heteroatoms. The molecule has 2 aromatic carbocycles. The van der Waals surface area contributed by atoms with E-state index in [2.05, 4.69) is 20.9 Å². The molecular formula is C20H18BrClN2O3S2. The van der Waals surface area contributed by atoms with Crippen molar-refractivity contribution in [3.05, 3.63) is 63.6 Å². The van der Waals surface area contributed by atoms with Crippen LogP contribution in [0.4, 0.5) is 5.69 Å². The number of hydrogen-bond donors (Lipinski definition) is 0. The van der Waals surface area contributed by atoms with E-state index in [9.17, 15) is 13.2 Å². The van der Waals surface area contributed by atoms with Gasteiger partial charge in [0, 0.05) is 16.1 Å². The zero-order chi connectivity index (χ0) is 20.6. The number of carbonyl (C=O) groups excluding carboxylic acids is 1. The summed E-state index contributed by atoms with van der Waals surface area (Å²) in [5.41, 5.74) is 1.75. The van der Waals surface area contributed by atoms with Gasteiger partial charge in [0.25, 0.3) is 0 Å². The number of aliphatic imine (C=N–C) groups is 1. The van der Waals surface area contributed by atoms with Crippen molar-refractivity contribution in [2.75, 3.05) is 16.4 Å². The van der Waals surface area contributed by atoms with E-state index in [0.29, 0.717) is 28.7 Å². The van der Waals surface area contributed by atoms with Gasteiger partial charge in [-0.05, 0) is 30.2 Å². The molecule has 29 heavy (non-hydrogen) atoms. The van der Waals surface area contributed by atoms with Gasteiger partial charge in [-0.25, -0.2) is 8.42 Å². The van der Waals surface area contributed by atoms with Crippen LogP contribution in [0, 0.1) is 0 Å². The molecule has 0 saturated carbocycles. The molecule has 0 N–H and O–H groups in total. The Bertz CT molecular complexity index is 1080. The summed E-state index contributed by atoms with van der Waals surface area (Å²) in [5.74, 6) is -0.101. The molecule has 2 saturated heterocycles. The summed E-state index contributed by atoms with van der Waals surface area (Å²) in [5, 5.41) is 0.854. The summed E-state index contributed by atoms with van der Waals surface area (Å²) >= 11 is 11.2. The fourth-order valence-corrected chi connectivity index (χ4v) is 8.27. The van der Waals surface area contributed by atoms with E-state index in [1.807, 2.05) is 47.4 Å². The number of benzene rings is 2. The number of anilines is 1. The average Bonchev–Trinajstić information content (AvgIpc) is 3.12. The highest BCUT2D eigenvalue weighted by Gasteiger charge is 2.49. The van der Waals surface area contributed by atoms with Crippen molar-refractivity contribution in [1.82, 2.24) is 0 Å². The van der Waals surface area contributed by atoms with E-state index in [-0.39, 0.29) is 28.7 Å². The summed E-state index contributed by atoms with van der Waals surface area (Å²) in [6.07, 6.45) is 0.908. The number of sulfone groups is 1. The first kappa shape index (κ1) is 20.9. The molecule has 0 unspecified atom stereocenters. The summed E-state index contributed by atoms with van der Waals surface area (Å²) in [7, 11) is -3.12. The Morgan fingerprint density at radius 2 is 1.97 bits per heavy atom. The van der Waals surface area contributed by atoms with Crippen molar-refractivity contribution >= 4 is 65.9 Å². The van der Waals surface area contributed by atoms with Gasteiger partial charge in [0.05, 0.1) is 28.3 Å². The molecule has 1 amide bonds. The lowest BCUT2D eigenvalue weighted by molar-refractivity contribution is -0.117. The smallest absolute Gasteiger partial charge is 0.248 e. The molecule has 4 rings (SSSR count). The van der Waals surface area contributed by atoms with Crippen molar-refractivity contribution < 1.29 is 13.2 Å². The number of carbonyl (C=O) groups is 1. The third kappa shape index (κ3) is 4.71. The van der Waals surface area contributed by atoms with E-state index in [0.717, 1.165) is 10.0 Å². The maximum Gasteiger partial charge on any atom is 0.248 e. The van der Waals surface area contributed by atoms with Crippen LogP contribution in [0.25, 0.3) is 0 Å². The highest BCUT2D eigenvalue weighted by molar-refractivity contribution is 9.10. The molecule has 152 valence electrons. The van der Waals surface area contributed by atoms with E-state index >= 15 is 0 Å². The van der Waals surface area contributed by atoms with Gasteiger partial charge in [0.2, 0.25) is 5.91 Å². The lowest BCUT2D eigenvalue weighted by Crippen LogP contribution is -2.38. The number of thioether (sulfide) groups is 1. The second-order valence-electron chi connectivity index (χ2n) is 7.04. The monoisotopic (exact) mass is 512 g/mol. The lowest BCUT2D eigenvalue weighted by Gasteiger charge is -2.25. The van der Waals surface area contributed by atoms with Crippen molar-refractivity contribution in [1.29, 1.82) is 0 Å². The first-order valence-corrected chi connectivity index (χ1v) is 13.0. The van der Waals surface area contributed by atoms with Gasteiger partial charge in [-0.15, -0.1) is 0 Å². The maximum atomic E-state index is 12.5. The summed E-state index contributed by atoms with van der Waals surface area (Å²) in [6.45, 7) is 0. The molecule has 2 aliphatic heterocycles. The molecule has 0 aliphatic carbocycles. The normalized spacial score (nSPS) is 24.1. The topological polar surface area (TPSA) is 66.8 Å². The van der Waals surface area contributed by atoms with Crippen LogP contribution in [0.3, 0.4) is 0 Å². The lowest BCUT2D eigenvalue weighted by atomic mass is 10.1. The van der Waals surface area contributed by atoms with Crippen molar-refractivity contribution in [3.63, 3.8) is 0 Å². The molecule has 2 atom stereocenters. The van der Waals surface area contributed by atoms with Crippen LogP contribution in [0.15, 0.2) is 58.0 Å². The Labute approximate surface area is 187 Å². The Balaban J connectivity index is 1.60. The van der Waals surface area contributed by atoms with Gasteiger partial charge >= 0.3 is 0 Å². The minimum atomic E-state index is -3.12. The predicted molar refractivity (Wildman–Crippen MR) is 123 cm³/mol. The molecule has 0 bridgehead atoms. The average molecular weight is 514 g/mol. The molecule has 2 aromatic rings. The molecule has 0 aromatic heterocycles. The number of amidine groups is 1. The summed E-state index contributed by atoms with van der Waals surface area (Å²) < 4.78 is 25.1. The predicted octanol–water partition coefficient (Wildman–Crippen LogP) is 4.34. The van der Waals surface area contributed by atoms with Crippen LogP contribution in [0.5, 0.6) is 0 Å². The van der Waals surface area contributed by atoms with Crippen LogP contribution in [-0.4, -0.2) is 42.3 Å². The van der Waals surface area contributed by atoms with Gasteiger partial charge < -0.3 is 4.90 Å². The Hall–Kier alpha value is -1.35. The van der Waals surface area contributed by atoms with Crippen LogP contribution in [0.1, 0.15) is 12.0 Å². The van der Waals surface area contributed by atoms with Gasteiger partial charge in [-0.2, -0.15) is 4.99 Å². The van der Waals surface area contributed by atoms with Gasteiger partial charge in [0.15, 0.2) is 15.0 Å². The van der Waals surface area contributed by atoms with Gasteiger partial charge in [-0.1, -0.05) is 69.6 Å². The fraction of sp³-hybridized carbons (Fsp3) is 0.300. The number of amides is 1. The minimum absolute atomic E-state index is 0.0360. The third-order valence-electron chi connectivity index (χ3n) is 4.93. The van der Waals surface area contributed by atoms with E-state index in [1.165, 1.54) is 11.8 Å².